The van der Waals surface area contributed by atoms with Gasteiger partial charge in [-0.3, -0.25) is 0 Å². The van der Waals surface area contributed by atoms with Gasteiger partial charge in [-0.25, -0.2) is 13.6 Å². The summed E-state index contributed by atoms with van der Waals surface area (Å²) in [6.07, 6.45) is 1.88. The molecule has 1 aromatic carbocycles. The Morgan fingerprint density at radius 1 is 1.29 bits per heavy atom. The van der Waals surface area contributed by atoms with Crippen LogP contribution in [0, 0.1) is 0 Å². The van der Waals surface area contributed by atoms with Crippen LogP contribution in [-0.2, 0) is 10.0 Å². The summed E-state index contributed by atoms with van der Waals surface area (Å²) in [5, 5.41) is 13.6. The van der Waals surface area contributed by atoms with Gasteiger partial charge in [-0.1, -0.05) is 41.3 Å². The molecule has 8 heteroatoms. The van der Waals surface area contributed by atoms with Gasteiger partial charge >= 0.3 is 0 Å². The van der Waals surface area contributed by atoms with Crippen LogP contribution in [0.1, 0.15) is 0 Å². The van der Waals surface area contributed by atoms with E-state index in [0.29, 0.717) is 10.6 Å². The molecule has 0 amide bonds. The van der Waals surface area contributed by atoms with E-state index in [0.717, 1.165) is 4.34 Å². The Hall–Kier alpha value is -0.960. The van der Waals surface area contributed by atoms with Crippen LogP contribution in [0.3, 0.4) is 0 Å². The van der Waals surface area contributed by atoms with Crippen molar-refractivity contribution in [1.82, 2.24) is 10.2 Å². The highest BCUT2D eigenvalue weighted by Gasteiger charge is 2.17. The second-order valence-electron chi connectivity index (χ2n) is 3.12. The van der Waals surface area contributed by atoms with Crippen LogP contribution in [0.4, 0.5) is 0 Å². The first-order valence-electron chi connectivity index (χ1n) is 4.52. The van der Waals surface area contributed by atoms with E-state index >= 15 is 0 Å². The van der Waals surface area contributed by atoms with E-state index in [1.165, 1.54) is 29.2 Å². The fraction of sp³-hybridized carbons (Fsp3) is 0.111. The molecule has 90 valence electrons. The highest BCUT2D eigenvalue weighted by molar-refractivity contribution is 8.00. The van der Waals surface area contributed by atoms with Crippen LogP contribution in [0.15, 0.2) is 33.5 Å². The first-order valence-corrected chi connectivity index (χ1v) is 8.11. The summed E-state index contributed by atoms with van der Waals surface area (Å²) in [6, 6.07) is 6.50. The molecule has 2 rings (SSSR count). The Morgan fingerprint density at radius 2 is 2.00 bits per heavy atom. The quantitative estimate of drug-likeness (QED) is 0.866. The van der Waals surface area contributed by atoms with Crippen molar-refractivity contribution < 1.29 is 8.42 Å². The Morgan fingerprint density at radius 3 is 2.59 bits per heavy atom. The van der Waals surface area contributed by atoms with E-state index < -0.39 is 10.0 Å². The van der Waals surface area contributed by atoms with Gasteiger partial charge in [0.1, 0.15) is 5.01 Å². The fourth-order valence-corrected chi connectivity index (χ4v) is 3.41. The molecule has 0 fully saturated rings. The van der Waals surface area contributed by atoms with Crippen LogP contribution in [0.2, 0.25) is 0 Å². The number of aromatic nitrogens is 2. The minimum atomic E-state index is -3.75. The molecular formula is C9H9N3O2S3. The smallest absolute Gasteiger partial charge is 0.225 e. The molecule has 0 aliphatic carbocycles. The summed E-state index contributed by atoms with van der Waals surface area (Å²) in [5.74, 6) is 0. The summed E-state index contributed by atoms with van der Waals surface area (Å²) < 4.78 is 23.6. The van der Waals surface area contributed by atoms with E-state index in [-0.39, 0.29) is 4.90 Å². The third-order valence-electron chi connectivity index (χ3n) is 2.01. The van der Waals surface area contributed by atoms with Crippen LogP contribution >= 0.6 is 23.1 Å². The molecule has 0 aliphatic heterocycles. The van der Waals surface area contributed by atoms with Crippen molar-refractivity contribution in [2.24, 2.45) is 5.14 Å². The number of primary sulfonamides is 1. The summed E-state index contributed by atoms with van der Waals surface area (Å²) in [6.45, 7) is 0. The summed E-state index contributed by atoms with van der Waals surface area (Å²) in [7, 11) is -3.75. The molecule has 1 aromatic heterocycles. The van der Waals surface area contributed by atoms with Crippen molar-refractivity contribution in [3.63, 3.8) is 0 Å². The van der Waals surface area contributed by atoms with Gasteiger partial charge in [0.05, 0.1) is 4.90 Å². The van der Waals surface area contributed by atoms with Gasteiger partial charge in [0.15, 0.2) is 4.34 Å². The molecule has 0 saturated carbocycles. The van der Waals surface area contributed by atoms with Crippen LogP contribution in [-0.4, -0.2) is 24.9 Å². The Balaban J connectivity index is 2.60. The first-order chi connectivity index (χ1) is 8.02. The molecular weight excluding hydrogens is 278 g/mol. The molecule has 0 radical (unpaired) electrons. The van der Waals surface area contributed by atoms with Crippen molar-refractivity contribution in [2.75, 3.05) is 6.26 Å². The van der Waals surface area contributed by atoms with E-state index in [1.807, 2.05) is 6.26 Å². The molecule has 2 N–H and O–H groups in total. The lowest BCUT2D eigenvalue weighted by Crippen LogP contribution is -2.13. The maximum absolute atomic E-state index is 11.4. The van der Waals surface area contributed by atoms with Crippen LogP contribution in [0.5, 0.6) is 0 Å². The van der Waals surface area contributed by atoms with Crippen molar-refractivity contribution >= 4 is 33.1 Å². The van der Waals surface area contributed by atoms with Gasteiger partial charge < -0.3 is 0 Å². The van der Waals surface area contributed by atoms with E-state index in [9.17, 15) is 8.42 Å². The van der Waals surface area contributed by atoms with Gasteiger partial charge in [-0.05, 0) is 12.3 Å². The zero-order chi connectivity index (χ0) is 12.5. The van der Waals surface area contributed by atoms with E-state index in [1.54, 1.807) is 18.2 Å². The first kappa shape index (κ1) is 12.5. The maximum Gasteiger partial charge on any atom is 0.238 e. The molecule has 0 aliphatic rings. The number of hydrogen-bond donors (Lipinski definition) is 1. The molecule has 5 nitrogen and oxygen atoms in total. The number of sulfonamides is 1. The van der Waals surface area contributed by atoms with Gasteiger partial charge in [-0.15, -0.1) is 10.2 Å². The molecule has 17 heavy (non-hydrogen) atoms. The van der Waals surface area contributed by atoms with E-state index in [4.69, 9.17) is 5.14 Å². The monoisotopic (exact) mass is 287 g/mol. The summed E-state index contributed by atoms with van der Waals surface area (Å²) in [5.41, 5.74) is 0.493. The van der Waals surface area contributed by atoms with Gasteiger partial charge in [0.25, 0.3) is 0 Å². The van der Waals surface area contributed by atoms with Gasteiger partial charge in [-0.2, -0.15) is 0 Å². The van der Waals surface area contributed by atoms with Crippen molar-refractivity contribution in [3.05, 3.63) is 24.3 Å². The number of rotatable bonds is 3. The van der Waals surface area contributed by atoms with Crippen molar-refractivity contribution in [2.45, 2.75) is 9.24 Å². The van der Waals surface area contributed by atoms with Gasteiger partial charge in [0, 0.05) is 5.56 Å². The average molecular weight is 287 g/mol. The standard InChI is InChI=1S/C9H9N3O2S3/c1-15-9-12-11-8(16-9)6-4-2-3-5-7(6)17(10,13)14/h2-5H,1H3,(H2,10,13,14). The summed E-state index contributed by atoms with van der Waals surface area (Å²) in [4.78, 5) is 0.0730. The third-order valence-corrected chi connectivity index (χ3v) is 4.91. The van der Waals surface area contributed by atoms with Crippen molar-refractivity contribution in [1.29, 1.82) is 0 Å². The minimum Gasteiger partial charge on any atom is -0.225 e. The number of nitrogens with zero attached hydrogens (tertiary/aromatic N) is 2. The average Bonchev–Trinajstić information content (AvgIpc) is 2.76. The van der Waals surface area contributed by atoms with E-state index in [2.05, 4.69) is 10.2 Å². The lowest BCUT2D eigenvalue weighted by Gasteiger charge is -2.03. The number of benzene rings is 1. The Kier molecular flexibility index (Phi) is 3.48. The lowest BCUT2D eigenvalue weighted by molar-refractivity contribution is 0.598. The topological polar surface area (TPSA) is 85.9 Å². The zero-order valence-electron chi connectivity index (χ0n) is 8.82. The normalized spacial score (nSPS) is 11.6. The Bertz CT molecular complexity index is 636. The van der Waals surface area contributed by atoms with Crippen LogP contribution in [0.25, 0.3) is 10.6 Å². The summed E-state index contributed by atoms with van der Waals surface area (Å²) >= 11 is 2.80. The largest absolute Gasteiger partial charge is 0.238 e. The minimum absolute atomic E-state index is 0.0730. The third kappa shape index (κ3) is 2.65. The lowest BCUT2D eigenvalue weighted by atomic mass is 10.2. The molecule has 0 spiro atoms. The highest BCUT2D eigenvalue weighted by atomic mass is 32.2. The molecule has 1 heterocycles. The number of thioether (sulfide) groups is 1. The molecule has 0 saturated heterocycles. The highest BCUT2D eigenvalue weighted by Crippen LogP contribution is 2.31. The predicted molar refractivity (Wildman–Crippen MR) is 68.5 cm³/mol. The van der Waals surface area contributed by atoms with Gasteiger partial charge in [0.2, 0.25) is 10.0 Å². The SMILES string of the molecule is CSc1nnc(-c2ccccc2S(N)(=O)=O)s1. The number of hydrogen-bond acceptors (Lipinski definition) is 6. The van der Waals surface area contributed by atoms with Crippen molar-refractivity contribution in [3.8, 4) is 10.6 Å². The second-order valence-corrected chi connectivity index (χ2v) is 6.68. The zero-order valence-corrected chi connectivity index (χ0v) is 11.3. The molecule has 0 unspecified atom stereocenters. The number of nitrogens with two attached hydrogens (primary N) is 1. The van der Waals surface area contributed by atoms with Crippen LogP contribution < -0.4 is 5.14 Å². The molecule has 0 atom stereocenters. The predicted octanol–water partition coefficient (Wildman–Crippen LogP) is 1.57. The molecule has 2 aromatic rings. The second kappa shape index (κ2) is 4.73. The fourth-order valence-electron chi connectivity index (χ4n) is 1.29. The maximum atomic E-state index is 11.4. The molecule has 0 bridgehead atoms. The Labute approximate surface area is 107 Å².